The van der Waals surface area contributed by atoms with Crippen molar-refractivity contribution in [2.45, 2.75) is 97.6 Å². The normalized spacial score (nSPS) is 23.6. The first-order valence-electron chi connectivity index (χ1n) is 13.8. The van der Waals surface area contributed by atoms with E-state index in [1.54, 1.807) is 7.11 Å². The molecule has 0 amide bonds. The van der Waals surface area contributed by atoms with Gasteiger partial charge in [-0.25, -0.2) is 0 Å². The average Bonchev–Trinajstić information content (AvgIpc) is 2.82. The molecule has 0 heterocycles. The van der Waals surface area contributed by atoms with E-state index in [9.17, 15) is 5.11 Å². The van der Waals surface area contributed by atoms with Crippen molar-refractivity contribution >= 4 is 8.32 Å². The molecule has 202 valence electrons. The van der Waals surface area contributed by atoms with Gasteiger partial charge in [-0.15, -0.1) is 0 Å². The van der Waals surface area contributed by atoms with Crippen molar-refractivity contribution < 1.29 is 19.0 Å². The van der Waals surface area contributed by atoms with Crippen molar-refractivity contribution in [3.05, 3.63) is 53.1 Å². The van der Waals surface area contributed by atoms with Crippen LogP contribution in [0.5, 0.6) is 5.75 Å². The predicted molar refractivity (Wildman–Crippen MR) is 152 cm³/mol. The van der Waals surface area contributed by atoms with Crippen molar-refractivity contribution in [2.24, 2.45) is 17.3 Å². The van der Waals surface area contributed by atoms with Gasteiger partial charge in [-0.2, -0.15) is 0 Å². The van der Waals surface area contributed by atoms with E-state index in [1.165, 1.54) is 24.0 Å². The Labute approximate surface area is 221 Å². The number of hydrogen-bond donors (Lipinski definition) is 1. The second-order valence-corrected chi connectivity index (χ2v) is 17.8. The van der Waals surface area contributed by atoms with Crippen LogP contribution in [-0.2, 0) is 15.8 Å². The summed E-state index contributed by atoms with van der Waals surface area (Å²) in [6.07, 6.45) is 9.69. The zero-order valence-electron chi connectivity index (χ0n) is 24.0. The van der Waals surface area contributed by atoms with Crippen LogP contribution >= 0.6 is 0 Å². The van der Waals surface area contributed by atoms with Crippen LogP contribution in [0, 0.1) is 17.3 Å². The van der Waals surface area contributed by atoms with E-state index in [0.717, 1.165) is 30.6 Å². The van der Waals surface area contributed by atoms with Gasteiger partial charge in [0.25, 0.3) is 0 Å². The average molecular weight is 515 g/mol. The Balaban J connectivity index is 1.60. The molecule has 4 nitrogen and oxygen atoms in total. The molecule has 0 saturated heterocycles. The minimum absolute atomic E-state index is 0.171. The molecule has 5 heteroatoms. The SMILES string of the molecule is COc1ccc(COC[C@@H]2CCCC[C@H]2C(O)C2=CCC(CO[Si](C)(C)C(C)(C)C)=CC2(C)C)cc1. The minimum atomic E-state index is -1.78. The van der Waals surface area contributed by atoms with Crippen molar-refractivity contribution in [1.82, 2.24) is 0 Å². The number of ether oxygens (including phenoxy) is 2. The number of benzene rings is 1. The van der Waals surface area contributed by atoms with Crippen LogP contribution in [0.4, 0.5) is 0 Å². The quantitative estimate of drug-likeness (QED) is 0.257. The van der Waals surface area contributed by atoms with Crippen LogP contribution in [-0.4, -0.2) is 39.9 Å². The highest BCUT2D eigenvalue weighted by molar-refractivity contribution is 6.74. The molecule has 1 N–H and O–H groups in total. The molecule has 36 heavy (non-hydrogen) atoms. The summed E-state index contributed by atoms with van der Waals surface area (Å²) in [7, 11) is -0.100. The van der Waals surface area contributed by atoms with Crippen LogP contribution in [0.3, 0.4) is 0 Å². The lowest BCUT2D eigenvalue weighted by Gasteiger charge is -2.41. The van der Waals surface area contributed by atoms with Gasteiger partial charge in [0.05, 0.1) is 33.0 Å². The third kappa shape index (κ3) is 7.34. The van der Waals surface area contributed by atoms with Crippen LogP contribution < -0.4 is 4.74 Å². The first-order chi connectivity index (χ1) is 16.8. The first-order valence-corrected chi connectivity index (χ1v) is 16.7. The molecule has 2 aliphatic carbocycles. The van der Waals surface area contributed by atoms with E-state index in [2.05, 4.69) is 72.0 Å². The Morgan fingerprint density at radius 2 is 1.72 bits per heavy atom. The van der Waals surface area contributed by atoms with Gasteiger partial charge in [0.15, 0.2) is 8.32 Å². The van der Waals surface area contributed by atoms with Gasteiger partial charge in [-0.05, 0) is 78.1 Å². The zero-order valence-corrected chi connectivity index (χ0v) is 25.0. The van der Waals surface area contributed by atoms with Crippen molar-refractivity contribution in [3.8, 4) is 5.75 Å². The standard InChI is InChI=1S/C31H50O4Si/c1-30(2,3)36(7,8)35-21-24-15-18-28(31(4,5)19-24)29(32)27-12-10-9-11-25(27)22-34-20-23-13-16-26(33-6)17-14-23/h13-14,16-19,25,27,29,32H,9-12,15,20-22H2,1-8H3/t25-,27+,29?/m0/s1. The molecule has 1 unspecified atom stereocenters. The van der Waals surface area contributed by atoms with Crippen LogP contribution in [0.2, 0.25) is 18.1 Å². The monoisotopic (exact) mass is 514 g/mol. The Hall–Kier alpha value is -1.40. The molecular formula is C31H50O4Si. The van der Waals surface area contributed by atoms with Crippen molar-refractivity contribution in [3.63, 3.8) is 0 Å². The Kier molecular flexibility index (Phi) is 9.70. The van der Waals surface area contributed by atoms with Gasteiger partial charge in [0, 0.05) is 5.41 Å². The Bertz CT molecular complexity index is 907. The molecule has 1 saturated carbocycles. The van der Waals surface area contributed by atoms with Crippen molar-refractivity contribution in [2.75, 3.05) is 20.3 Å². The highest BCUT2D eigenvalue weighted by atomic mass is 28.4. The van der Waals surface area contributed by atoms with Crippen LogP contribution in [0.25, 0.3) is 0 Å². The maximum absolute atomic E-state index is 11.6. The number of hydrogen-bond acceptors (Lipinski definition) is 4. The molecule has 0 spiro atoms. The summed E-state index contributed by atoms with van der Waals surface area (Å²) in [6, 6.07) is 8.06. The van der Waals surface area contributed by atoms with Gasteiger partial charge in [0.1, 0.15) is 5.75 Å². The fourth-order valence-electron chi connectivity index (χ4n) is 5.39. The predicted octanol–water partition coefficient (Wildman–Crippen LogP) is 7.68. The molecule has 3 rings (SSSR count). The summed E-state index contributed by atoms with van der Waals surface area (Å²) in [6.45, 7) is 18.0. The highest BCUT2D eigenvalue weighted by Gasteiger charge is 2.40. The molecule has 0 aromatic heterocycles. The third-order valence-electron chi connectivity index (χ3n) is 8.77. The maximum atomic E-state index is 11.6. The van der Waals surface area contributed by atoms with E-state index in [0.29, 0.717) is 25.7 Å². The summed E-state index contributed by atoms with van der Waals surface area (Å²) < 4.78 is 17.9. The molecule has 1 fully saturated rings. The van der Waals surface area contributed by atoms with Crippen LogP contribution in [0.15, 0.2) is 47.6 Å². The van der Waals surface area contributed by atoms with E-state index in [4.69, 9.17) is 13.9 Å². The van der Waals surface area contributed by atoms with E-state index < -0.39 is 14.4 Å². The molecule has 0 radical (unpaired) electrons. The topological polar surface area (TPSA) is 47.9 Å². The van der Waals surface area contributed by atoms with Gasteiger partial charge >= 0.3 is 0 Å². The summed E-state index contributed by atoms with van der Waals surface area (Å²) in [5.41, 5.74) is 3.49. The smallest absolute Gasteiger partial charge is 0.192 e. The van der Waals surface area contributed by atoms with E-state index in [-0.39, 0.29) is 16.4 Å². The molecule has 0 bridgehead atoms. The van der Waals surface area contributed by atoms with Gasteiger partial charge in [0.2, 0.25) is 0 Å². The van der Waals surface area contributed by atoms with E-state index >= 15 is 0 Å². The van der Waals surface area contributed by atoms with Crippen LogP contribution in [0.1, 0.15) is 72.3 Å². The summed E-state index contributed by atoms with van der Waals surface area (Å²) >= 11 is 0. The second kappa shape index (κ2) is 12.0. The lowest BCUT2D eigenvalue weighted by atomic mass is 9.68. The number of allylic oxidation sites excluding steroid dienone is 2. The molecular weight excluding hydrogens is 464 g/mol. The number of rotatable bonds is 10. The highest BCUT2D eigenvalue weighted by Crippen LogP contribution is 2.44. The van der Waals surface area contributed by atoms with Gasteiger partial charge in [-0.1, -0.05) is 71.7 Å². The number of aliphatic hydroxyl groups excluding tert-OH is 1. The van der Waals surface area contributed by atoms with Gasteiger partial charge in [-0.3, -0.25) is 0 Å². The molecule has 1 aromatic carbocycles. The molecule has 3 atom stereocenters. The molecule has 0 aliphatic heterocycles. The lowest BCUT2D eigenvalue weighted by molar-refractivity contribution is 0.00358. The largest absolute Gasteiger partial charge is 0.497 e. The lowest BCUT2D eigenvalue weighted by Crippen LogP contribution is -2.41. The maximum Gasteiger partial charge on any atom is 0.192 e. The fourth-order valence-corrected chi connectivity index (χ4v) is 6.37. The number of methoxy groups -OCH3 is 1. The zero-order chi connectivity index (χ0) is 26.6. The minimum Gasteiger partial charge on any atom is -0.497 e. The van der Waals surface area contributed by atoms with Crippen molar-refractivity contribution in [1.29, 1.82) is 0 Å². The molecule has 1 aromatic rings. The summed E-state index contributed by atoms with van der Waals surface area (Å²) in [5, 5.41) is 11.8. The van der Waals surface area contributed by atoms with Gasteiger partial charge < -0.3 is 19.0 Å². The summed E-state index contributed by atoms with van der Waals surface area (Å²) in [4.78, 5) is 0. The third-order valence-corrected chi connectivity index (χ3v) is 13.2. The first kappa shape index (κ1) is 29.2. The second-order valence-electron chi connectivity index (χ2n) is 13.0. The Morgan fingerprint density at radius 1 is 1.06 bits per heavy atom. The fraction of sp³-hybridized carbons (Fsp3) is 0.677. The Morgan fingerprint density at radius 3 is 2.33 bits per heavy atom. The number of aliphatic hydroxyl groups is 1. The van der Waals surface area contributed by atoms with E-state index in [1.807, 2.05) is 12.1 Å². The summed E-state index contributed by atoms with van der Waals surface area (Å²) in [5.74, 6) is 1.50. The molecule has 2 aliphatic rings.